The number of methoxy groups -OCH3 is 2. The van der Waals surface area contributed by atoms with Crippen LogP contribution in [0.4, 0.5) is 0 Å². The largest absolute Gasteiger partial charge is 0.493 e. The third-order valence-electron chi connectivity index (χ3n) is 4.91. The van der Waals surface area contributed by atoms with E-state index in [9.17, 15) is 0 Å². The fourth-order valence-corrected chi connectivity index (χ4v) is 3.65. The zero-order valence-electron chi connectivity index (χ0n) is 16.1. The molecule has 2 aromatic carbocycles. The molecule has 4 heteroatoms. The number of hydrogen-bond acceptors (Lipinski definition) is 3. The monoisotopic (exact) mass is 352 g/mol. The van der Waals surface area contributed by atoms with Gasteiger partial charge in [0.1, 0.15) is 0 Å². The summed E-state index contributed by atoms with van der Waals surface area (Å²) >= 11 is 0. The number of unbranched alkanes of at least 4 members (excludes halogenated alkanes) is 1. The molecule has 0 aliphatic carbocycles. The smallest absolute Gasteiger partial charge is 0.161 e. The highest BCUT2D eigenvalue weighted by Crippen LogP contribution is 2.37. The quantitative estimate of drug-likeness (QED) is 0.603. The number of H-pyrrole nitrogens is 1. The van der Waals surface area contributed by atoms with E-state index in [0.717, 1.165) is 48.6 Å². The first-order valence-electron chi connectivity index (χ1n) is 9.13. The molecule has 0 amide bonds. The number of aromatic nitrogens is 1. The Morgan fingerprint density at radius 2 is 1.73 bits per heavy atom. The Bertz CT molecular complexity index is 912. The molecule has 138 valence electrons. The highest BCUT2D eigenvalue weighted by Gasteiger charge is 2.16. The minimum atomic E-state index is 0.728. The van der Waals surface area contributed by atoms with Gasteiger partial charge in [-0.05, 0) is 75.0 Å². The molecule has 0 unspecified atom stereocenters. The van der Waals surface area contributed by atoms with Crippen LogP contribution in [-0.2, 0) is 6.42 Å². The topological polar surface area (TPSA) is 60.3 Å². The van der Waals surface area contributed by atoms with E-state index in [1.54, 1.807) is 14.2 Å². The second-order valence-electron chi connectivity index (χ2n) is 6.80. The molecule has 0 aliphatic rings. The average Bonchev–Trinajstić information content (AvgIpc) is 3.00. The van der Waals surface area contributed by atoms with Crippen LogP contribution in [0.2, 0.25) is 0 Å². The molecule has 0 spiro atoms. The molecule has 1 aromatic heterocycles. The Labute approximate surface area is 155 Å². The lowest BCUT2D eigenvalue weighted by molar-refractivity contribution is 0.355. The van der Waals surface area contributed by atoms with Crippen LogP contribution >= 0.6 is 0 Å². The van der Waals surface area contributed by atoms with Gasteiger partial charge in [-0.3, -0.25) is 0 Å². The van der Waals surface area contributed by atoms with Gasteiger partial charge in [0.15, 0.2) is 11.5 Å². The van der Waals surface area contributed by atoms with Crippen molar-refractivity contribution in [2.24, 2.45) is 5.73 Å². The molecule has 3 aromatic rings. The molecule has 0 saturated heterocycles. The number of nitrogens with two attached hydrogens (primary N) is 1. The predicted octanol–water partition coefficient (Wildman–Crippen LogP) is 4.75. The summed E-state index contributed by atoms with van der Waals surface area (Å²) in [5.41, 5.74) is 13.1. The maximum atomic E-state index is 5.71. The molecule has 0 atom stereocenters. The highest BCUT2D eigenvalue weighted by atomic mass is 16.5. The van der Waals surface area contributed by atoms with Gasteiger partial charge in [0.05, 0.1) is 14.2 Å². The second kappa shape index (κ2) is 7.83. The molecule has 26 heavy (non-hydrogen) atoms. The van der Waals surface area contributed by atoms with Gasteiger partial charge in [0.25, 0.3) is 0 Å². The standard InChI is InChI=1S/C22H28N2O2/c1-14-11-15(2)21-18(12-14)17(7-5-6-10-23)22(24-21)16-8-9-19(25-3)20(13-16)26-4/h8-9,11-13,24H,5-7,10,23H2,1-4H3. The van der Waals surface area contributed by atoms with Gasteiger partial charge in [-0.2, -0.15) is 0 Å². The van der Waals surface area contributed by atoms with Gasteiger partial charge in [0.2, 0.25) is 0 Å². The number of fused-ring (bicyclic) bond motifs is 1. The summed E-state index contributed by atoms with van der Waals surface area (Å²) in [5.74, 6) is 1.48. The number of aromatic amines is 1. The molecule has 0 radical (unpaired) electrons. The summed E-state index contributed by atoms with van der Waals surface area (Å²) in [4.78, 5) is 3.66. The maximum Gasteiger partial charge on any atom is 0.161 e. The van der Waals surface area contributed by atoms with Crippen molar-refractivity contribution in [2.45, 2.75) is 33.1 Å². The number of ether oxygens (including phenoxy) is 2. The minimum Gasteiger partial charge on any atom is -0.493 e. The molecule has 4 nitrogen and oxygen atoms in total. The van der Waals surface area contributed by atoms with E-state index in [4.69, 9.17) is 15.2 Å². The molecule has 0 bridgehead atoms. The van der Waals surface area contributed by atoms with E-state index in [-0.39, 0.29) is 0 Å². The fraction of sp³-hybridized carbons (Fsp3) is 0.364. The summed E-state index contributed by atoms with van der Waals surface area (Å²) in [6.45, 7) is 5.04. The lowest BCUT2D eigenvalue weighted by atomic mass is 9.98. The Hall–Kier alpha value is -2.46. The molecule has 0 aliphatic heterocycles. The molecule has 3 N–H and O–H groups in total. The van der Waals surface area contributed by atoms with Crippen LogP contribution in [0.25, 0.3) is 22.2 Å². The van der Waals surface area contributed by atoms with Crippen LogP contribution in [0.15, 0.2) is 30.3 Å². The van der Waals surface area contributed by atoms with Gasteiger partial charge in [-0.1, -0.05) is 11.6 Å². The van der Waals surface area contributed by atoms with E-state index in [0.29, 0.717) is 0 Å². The van der Waals surface area contributed by atoms with Gasteiger partial charge >= 0.3 is 0 Å². The Morgan fingerprint density at radius 1 is 0.962 bits per heavy atom. The first-order valence-corrected chi connectivity index (χ1v) is 9.13. The van der Waals surface area contributed by atoms with Crippen LogP contribution in [0.1, 0.15) is 29.5 Å². The van der Waals surface area contributed by atoms with Crippen LogP contribution in [-0.4, -0.2) is 25.7 Å². The van der Waals surface area contributed by atoms with Crippen LogP contribution in [0, 0.1) is 13.8 Å². The van der Waals surface area contributed by atoms with Crippen molar-refractivity contribution in [2.75, 3.05) is 20.8 Å². The average molecular weight is 352 g/mol. The molecule has 3 rings (SSSR count). The maximum absolute atomic E-state index is 5.71. The van der Waals surface area contributed by atoms with Gasteiger partial charge < -0.3 is 20.2 Å². The number of rotatable bonds is 7. The third kappa shape index (κ3) is 3.42. The lowest BCUT2D eigenvalue weighted by Crippen LogP contribution is -1.99. The minimum absolute atomic E-state index is 0.728. The summed E-state index contributed by atoms with van der Waals surface area (Å²) in [6, 6.07) is 10.6. The Kier molecular flexibility index (Phi) is 5.52. The molecule has 0 saturated carbocycles. The van der Waals surface area contributed by atoms with Crippen molar-refractivity contribution in [3.8, 4) is 22.8 Å². The fourth-order valence-electron chi connectivity index (χ4n) is 3.65. The van der Waals surface area contributed by atoms with Crippen molar-refractivity contribution in [3.63, 3.8) is 0 Å². The normalized spacial score (nSPS) is 11.1. The van der Waals surface area contributed by atoms with Crippen LogP contribution in [0.3, 0.4) is 0 Å². The predicted molar refractivity (Wildman–Crippen MR) is 108 cm³/mol. The summed E-state index contributed by atoms with van der Waals surface area (Å²) in [6.07, 6.45) is 3.11. The lowest BCUT2D eigenvalue weighted by Gasteiger charge is -2.10. The van der Waals surface area contributed by atoms with Crippen molar-refractivity contribution in [1.29, 1.82) is 0 Å². The van der Waals surface area contributed by atoms with E-state index in [1.165, 1.54) is 27.6 Å². The van der Waals surface area contributed by atoms with E-state index in [1.807, 2.05) is 12.1 Å². The zero-order chi connectivity index (χ0) is 18.7. The third-order valence-corrected chi connectivity index (χ3v) is 4.91. The van der Waals surface area contributed by atoms with Gasteiger partial charge in [-0.15, -0.1) is 0 Å². The summed E-state index contributed by atoms with van der Waals surface area (Å²) < 4.78 is 10.9. The molecular formula is C22H28N2O2. The van der Waals surface area contributed by atoms with E-state index >= 15 is 0 Å². The Balaban J connectivity index is 2.17. The first-order chi connectivity index (χ1) is 12.6. The van der Waals surface area contributed by atoms with Crippen molar-refractivity contribution < 1.29 is 9.47 Å². The SMILES string of the molecule is COc1ccc(-c2[nH]c3c(C)cc(C)cc3c2CCCCN)cc1OC. The van der Waals surface area contributed by atoms with E-state index < -0.39 is 0 Å². The Morgan fingerprint density at radius 3 is 2.42 bits per heavy atom. The van der Waals surface area contributed by atoms with Crippen LogP contribution < -0.4 is 15.2 Å². The molecular weight excluding hydrogens is 324 g/mol. The summed E-state index contributed by atoms with van der Waals surface area (Å²) in [7, 11) is 3.33. The van der Waals surface area contributed by atoms with Crippen molar-refractivity contribution in [3.05, 3.63) is 47.0 Å². The number of hydrogen-bond donors (Lipinski definition) is 2. The van der Waals surface area contributed by atoms with Gasteiger partial charge in [0, 0.05) is 22.2 Å². The van der Waals surface area contributed by atoms with E-state index in [2.05, 4.69) is 37.0 Å². The number of nitrogens with one attached hydrogen (secondary N) is 1. The van der Waals surface area contributed by atoms with Crippen LogP contribution in [0.5, 0.6) is 11.5 Å². The number of aryl methyl sites for hydroxylation is 3. The van der Waals surface area contributed by atoms with Crippen molar-refractivity contribution in [1.82, 2.24) is 4.98 Å². The summed E-state index contributed by atoms with van der Waals surface area (Å²) in [5, 5.41) is 1.31. The first kappa shape index (κ1) is 18.3. The zero-order valence-corrected chi connectivity index (χ0v) is 16.1. The second-order valence-corrected chi connectivity index (χ2v) is 6.80. The molecule has 1 heterocycles. The molecule has 0 fully saturated rings. The number of benzene rings is 2. The van der Waals surface area contributed by atoms with Crippen molar-refractivity contribution >= 4 is 10.9 Å². The highest BCUT2D eigenvalue weighted by molar-refractivity contribution is 5.93. The van der Waals surface area contributed by atoms with Gasteiger partial charge in [-0.25, -0.2) is 0 Å².